The largest absolute Gasteiger partial charge is 0.490 e. The van der Waals surface area contributed by atoms with Gasteiger partial charge in [0, 0.05) is 5.56 Å². The Morgan fingerprint density at radius 1 is 0.905 bits per heavy atom. The highest BCUT2D eigenvalue weighted by atomic mass is 16.5. The normalized spacial score (nSPS) is 12.1. The van der Waals surface area contributed by atoms with Crippen molar-refractivity contribution in [2.45, 2.75) is 77.7 Å². The first-order valence-corrected chi connectivity index (χ1v) is 8.68. The van der Waals surface area contributed by atoms with Crippen LogP contribution in [0.15, 0.2) is 36.9 Å². The molecule has 0 amide bonds. The lowest BCUT2D eigenvalue weighted by molar-refractivity contribution is 0.142. The van der Waals surface area contributed by atoms with Crippen LogP contribution in [0.1, 0.15) is 77.2 Å². The smallest absolute Gasteiger partial charge is 0.119 e. The molecule has 21 heavy (non-hydrogen) atoms. The fraction of sp³-hybridized carbons (Fsp3) is 0.600. The van der Waals surface area contributed by atoms with Crippen LogP contribution in [-0.2, 0) is 4.74 Å². The first-order valence-electron chi connectivity index (χ1n) is 8.68. The molecule has 0 bridgehead atoms. The zero-order valence-electron chi connectivity index (χ0n) is 13.9. The first kappa shape index (κ1) is 17.8. The monoisotopic (exact) mass is 288 g/mol. The third kappa shape index (κ3) is 7.94. The van der Waals surface area contributed by atoms with E-state index in [9.17, 15) is 0 Å². The summed E-state index contributed by atoms with van der Waals surface area (Å²) in [5.41, 5.74) is 1.10. The van der Waals surface area contributed by atoms with Crippen molar-refractivity contribution in [3.63, 3.8) is 0 Å². The molecule has 0 aliphatic heterocycles. The second kappa shape index (κ2) is 11.4. The van der Waals surface area contributed by atoms with E-state index in [1.807, 2.05) is 18.2 Å². The van der Waals surface area contributed by atoms with Crippen molar-refractivity contribution in [3.8, 4) is 0 Å². The van der Waals surface area contributed by atoms with Crippen LogP contribution in [0.5, 0.6) is 0 Å². The summed E-state index contributed by atoms with van der Waals surface area (Å²) in [5.74, 6) is 0.824. The van der Waals surface area contributed by atoms with Crippen molar-refractivity contribution in [3.05, 3.63) is 42.5 Å². The molecule has 1 heteroatoms. The Kier molecular flexibility index (Phi) is 9.69. The number of benzene rings is 1. The quantitative estimate of drug-likeness (QED) is 0.311. The van der Waals surface area contributed by atoms with E-state index in [0.717, 1.165) is 24.2 Å². The van der Waals surface area contributed by atoms with Gasteiger partial charge in [-0.05, 0) is 19.3 Å². The van der Waals surface area contributed by atoms with Crippen molar-refractivity contribution in [1.29, 1.82) is 0 Å². The number of ether oxygens (including phenoxy) is 1. The van der Waals surface area contributed by atoms with Crippen LogP contribution in [0.2, 0.25) is 0 Å². The average Bonchev–Trinajstić information content (AvgIpc) is 2.52. The SMILES string of the molecule is C=C(OC(CCCC)CCCCCCC)c1ccccc1. The molecule has 1 rings (SSSR count). The average molecular weight is 288 g/mol. The van der Waals surface area contributed by atoms with Gasteiger partial charge in [-0.1, -0.05) is 89.3 Å². The molecule has 0 spiro atoms. The summed E-state index contributed by atoms with van der Waals surface area (Å²) in [5, 5.41) is 0. The maximum atomic E-state index is 6.15. The molecule has 0 saturated carbocycles. The van der Waals surface area contributed by atoms with Crippen molar-refractivity contribution in [1.82, 2.24) is 0 Å². The summed E-state index contributed by atoms with van der Waals surface area (Å²) in [6.07, 6.45) is 11.7. The standard InChI is InChI=1S/C20H32O/c1-4-6-8-9-13-17-20(16-7-5-2)21-18(3)19-14-11-10-12-15-19/h10-12,14-15,20H,3-9,13,16-17H2,1-2H3. The molecule has 1 nitrogen and oxygen atoms in total. The summed E-state index contributed by atoms with van der Waals surface area (Å²) in [7, 11) is 0. The van der Waals surface area contributed by atoms with Crippen molar-refractivity contribution in [2.75, 3.05) is 0 Å². The van der Waals surface area contributed by atoms with Crippen molar-refractivity contribution < 1.29 is 4.74 Å². The van der Waals surface area contributed by atoms with Crippen LogP contribution in [0.4, 0.5) is 0 Å². The van der Waals surface area contributed by atoms with Gasteiger partial charge in [0.05, 0.1) is 6.10 Å². The second-order valence-electron chi connectivity index (χ2n) is 5.87. The van der Waals surface area contributed by atoms with Gasteiger partial charge in [0.15, 0.2) is 0 Å². The molecule has 1 atom stereocenters. The third-order valence-corrected chi connectivity index (χ3v) is 3.91. The van der Waals surface area contributed by atoms with E-state index in [0.29, 0.717) is 6.10 Å². The molecule has 1 aromatic rings. The van der Waals surface area contributed by atoms with Gasteiger partial charge >= 0.3 is 0 Å². The highest BCUT2D eigenvalue weighted by molar-refractivity contribution is 5.57. The van der Waals surface area contributed by atoms with Crippen LogP contribution in [0.3, 0.4) is 0 Å². The summed E-state index contributed by atoms with van der Waals surface area (Å²) in [6.45, 7) is 8.61. The van der Waals surface area contributed by atoms with Crippen molar-refractivity contribution >= 4 is 5.76 Å². The molecule has 0 heterocycles. The van der Waals surface area contributed by atoms with Crippen LogP contribution in [0.25, 0.3) is 5.76 Å². The van der Waals surface area contributed by atoms with E-state index in [1.54, 1.807) is 0 Å². The molecule has 0 radical (unpaired) electrons. The zero-order chi connectivity index (χ0) is 15.3. The molecular weight excluding hydrogens is 256 g/mol. The van der Waals surface area contributed by atoms with E-state index in [-0.39, 0.29) is 0 Å². The minimum atomic E-state index is 0.333. The lowest BCUT2D eigenvalue weighted by Gasteiger charge is -2.20. The Hall–Kier alpha value is -1.24. The van der Waals surface area contributed by atoms with E-state index in [2.05, 4.69) is 32.6 Å². The van der Waals surface area contributed by atoms with Gasteiger partial charge in [0.1, 0.15) is 5.76 Å². The Morgan fingerprint density at radius 3 is 2.19 bits per heavy atom. The van der Waals surface area contributed by atoms with E-state index < -0.39 is 0 Å². The maximum Gasteiger partial charge on any atom is 0.119 e. The minimum absolute atomic E-state index is 0.333. The third-order valence-electron chi connectivity index (χ3n) is 3.91. The van der Waals surface area contributed by atoms with E-state index >= 15 is 0 Å². The Balaban J connectivity index is 2.39. The molecule has 0 fully saturated rings. The summed E-state index contributed by atoms with van der Waals surface area (Å²) < 4.78 is 6.15. The number of hydrogen-bond donors (Lipinski definition) is 0. The van der Waals surface area contributed by atoms with Crippen LogP contribution >= 0.6 is 0 Å². The lowest BCUT2D eigenvalue weighted by atomic mass is 10.0. The molecular formula is C20H32O. The summed E-state index contributed by atoms with van der Waals surface area (Å²) in [4.78, 5) is 0. The van der Waals surface area contributed by atoms with Crippen LogP contribution < -0.4 is 0 Å². The molecule has 1 aromatic carbocycles. The second-order valence-corrected chi connectivity index (χ2v) is 5.87. The molecule has 0 N–H and O–H groups in total. The van der Waals surface area contributed by atoms with Gasteiger partial charge in [-0.2, -0.15) is 0 Å². The molecule has 0 aromatic heterocycles. The fourth-order valence-corrected chi connectivity index (χ4v) is 2.56. The Bertz CT molecular complexity index is 369. The van der Waals surface area contributed by atoms with Crippen molar-refractivity contribution in [2.24, 2.45) is 0 Å². The number of hydrogen-bond acceptors (Lipinski definition) is 1. The van der Waals surface area contributed by atoms with E-state index in [4.69, 9.17) is 4.74 Å². The van der Waals surface area contributed by atoms with Gasteiger partial charge in [0.2, 0.25) is 0 Å². The molecule has 0 aliphatic rings. The van der Waals surface area contributed by atoms with Crippen LogP contribution in [-0.4, -0.2) is 6.10 Å². The number of rotatable bonds is 12. The van der Waals surface area contributed by atoms with Gasteiger partial charge in [-0.25, -0.2) is 0 Å². The van der Waals surface area contributed by atoms with Gasteiger partial charge in [0.25, 0.3) is 0 Å². The Morgan fingerprint density at radius 2 is 1.52 bits per heavy atom. The van der Waals surface area contributed by atoms with E-state index in [1.165, 1.54) is 44.9 Å². The van der Waals surface area contributed by atoms with Crippen LogP contribution in [0, 0.1) is 0 Å². The fourth-order valence-electron chi connectivity index (χ4n) is 2.56. The molecule has 0 aliphatic carbocycles. The highest BCUT2D eigenvalue weighted by Crippen LogP contribution is 2.21. The van der Waals surface area contributed by atoms with Gasteiger partial charge in [-0.3, -0.25) is 0 Å². The lowest BCUT2D eigenvalue weighted by Crippen LogP contribution is -2.12. The highest BCUT2D eigenvalue weighted by Gasteiger charge is 2.11. The Labute approximate surface area is 131 Å². The van der Waals surface area contributed by atoms with Gasteiger partial charge in [-0.15, -0.1) is 0 Å². The predicted molar refractivity (Wildman–Crippen MR) is 93.3 cm³/mol. The summed E-state index contributed by atoms with van der Waals surface area (Å²) in [6, 6.07) is 10.2. The first-order chi connectivity index (χ1) is 10.3. The molecule has 1 unspecified atom stereocenters. The molecule has 0 saturated heterocycles. The zero-order valence-corrected chi connectivity index (χ0v) is 13.9. The maximum absolute atomic E-state index is 6.15. The number of unbranched alkanes of at least 4 members (excludes halogenated alkanes) is 5. The predicted octanol–water partition coefficient (Wildman–Crippen LogP) is 6.59. The topological polar surface area (TPSA) is 9.23 Å². The minimum Gasteiger partial charge on any atom is -0.490 e. The van der Waals surface area contributed by atoms with Gasteiger partial charge < -0.3 is 4.74 Å². The summed E-state index contributed by atoms with van der Waals surface area (Å²) >= 11 is 0. The molecule has 118 valence electrons.